The summed E-state index contributed by atoms with van der Waals surface area (Å²) in [6.45, 7) is 4.41. The highest BCUT2D eigenvalue weighted by molar-refractivity contribution is 5.81. The van der Waals surface area contributed by atoms with Crippen LogP contribution >= 0.6 is 0 Å². The van der Waals surface area contributed by atoms with E-state index >= 15 is 0 Å². The molecule has 0 aromatic rings. The van der Waals surface area contributed by atoms with Gasteiger partial charge in [0.15, 0.2) is 5.96 Å². The van der Waals surface area contributed by atoms with Crippen molar-refractivity contribution in [1.82, 2.24) is 4.90 Å². The van der Waals surface area contributed by atoms with Crippen LogP contribution in [-0.2, 0) is 0 Å². The van der Waals surface area contributed by atoms with Crippen molar-refractivity contribution in [3.05, 3.63) is 0 Å². The Kier molecular flexibility index (Phi) is 1.98. The number of guanidine groups is 1. The van der Waals surface area contributed by atoms with Crippen LogP contribution in [0.4, 0.5) is 0 Å². The summed E-state index contributed by atoms with van der Waals surface area (Å²) < 4.78 is 0. The maximum absolute atomic E-state index is 6.00. The maximum atomic E-state index is 6.00. The Labute approximate surface area is 91.7 Å². The molecule has 1 atom stereocenters. The summed E-state index contributed by atoms with van der Waals surface area (Å²) in [7, 11) is 0. The van der Waals surface area contributed by atoms with E-state index in [2.05, 4.69) is 16.8 Å². The summed E-state index contributed by atoms with van der Waals surface area (Å²) in [5.74, 6) is 2.65. The van der Waals surface area contributed by atoms with Crippen LogP contribution in [0.1, 0.15) is 39.0 Å². The number of rotatable bonds is 4. The summed E-state index contributed by atoms with van der Waals surface area (Å²) in [6.07, 6.45) is 6.93. The molecule has 0 aromatic heterocycles. The van der Waals surface area contributed by atoms with Crippen LogP contribution in [0.3, 0.4) is 0 Å². The zero-order chi connectivity index (χ0) is 10.5. The molecule has 2 aliphatic carbocycles. The Balaban J connectivity index is 1.69. The highest BCUT2D eigenvalue weighted by atomic mass is 15.4. The van der Waals surface area contributed by atoms with E-state index in [1.165, 1.54) is 32.1 Å². The fourth-order valence-corrected chi connectivity index (χ4v) is 2.69. The Morgan fingerprint density at radius 1 is 1.33 bits per heavy atom. The van der Waals surface area contributed by atoms with Gasteiger partial charge < -0.3 is 10.6 Å². The van der Waals surface area contributed by atoms with Crippen molar-refractivity contribution in [1.29, 1.82) is 0 Å². The van der Waals surface area contributed by atoms with Gasteiger partial charge in [-0.2, -0.15) is 0 Å². The minimum absolute atomic E-state index is 0.244. The van der Waals surface area contributed by atoms with Gasteiger partial charge in [-0.25, -0.2) is 0 Å². The first-order valence-electron chi connectivity index (χ1n) is 6.25. The number of nitrogens with zero attached hydrogens (tertiary/aromatic N) is 2. The molecule has 3 rings (SSSR count). The van der Waals surface area contributed by atoms with Crippen LogP contribution < -0.4 is 5.73 Å². The van der Waals surface area contributed by atoms with Crippen LogP contribution in [0, 0.1) is 11.8 Å². The molecule has 3 aliphatic rings. The van der Waals surface area contributed by atoms with Gasteiger partial charge in [-0.1, -0.05) is 12.8 Å². The summed E-state index contributed by atoms with van der Waals surface area (Å²) in [6, 6.07) is 0. The lowest BCUT2D eigenvalue weighted by Gasteiger charge is -2.36. The summed E-state index contributed by atoms with van der Waals surface area (Å²) >= 11 is 0. The quantitative estimate of drug-likeness (QED) is 0.760. The van der Waals surface area contributed by atoms with Gasteiger partial charge in [0.05, 0.1) is 12.1 Å². The summed E-state index contributed by atoms with van der Waals surface area (Å²) in [4.78, 5) is 6.84. The monoisotopic (exact) mass is 207 g/mol. The van der Waals surface area contributed by atoms with Gasteiger partial charge >= 0.3 is 0 Å². The Morgan fingerprint density at radius 3 is 2.60 bits per heavy atom. The molecule has 3 nitrogen and oxygen atoms in total. The third-order valence-corrected chi connectivity index (χ3v) is 4.07. The fraction of sp³-hybridized carbons (Fsp3) is 0.917. The van der Waals surface area contributed by atoms with Crippen LogP contribution in [0.25, 0.3) is 0 Å². The van der Waals surface area contributed by atoms with E-state index in [9.17, 15) is 0 Å². The second kappa shape index (κ2) is 3.13. The van der Waals surface area contributed by atoms with Crippen molar-refractivity contribution in [2.24, 2.45) is 22.6 Å². The molecule has 0 amide bonds. The van der Waals surface area contributed by atoms with Crippen LogP contribution in [0.15, 0.2) is 4.99 Å². The molecule has 1 heterocycles. The van der Waals surface area contributed by atoms with Gasteiger partial charge in [-0.3, -0.25) is 4.99 Å². The smallest absolute Gasteiger partial charge is 0.191 e. The molecular weight excluding hydrogens is 186 g/mol. The van der Waals surface area contributed by atoms with Crippen molar-refractivity contribution in [2.45, 2.75) is 44.6 Å². The first-order valence-corrected chi connectivity index (χ1v) is 6.25. The van der Waals surface area contributed by atoms with E-state index in [1.807, 2.05) is 0 Å². The SMILES string of the molecule is CC1(CC2CC2)CN=C(N)N1CC1CC1. The fourth-order valence-electron chi connectivity index (χ4n) is 2.69. The molecule has 1 aliphatic heterocycles. The standard InChI is InChI=1S/C12H21N3/c1-12(6-9-2-3-9)8-14-11(13)15(12)7-10-4-5-10/h9-10H,2-8H2,1H3,(H2,13,14). The number of hydrogen-bond donors (Lipinski definition) is 1. The van der Waals surface area contributed by atoms with Crippen LogP contribution in [0.5, 0.6) is 0 Å². The molecular formula is C12H21N3. The molecule has 2 saturated carbocycles. The van der Waals surface area contributed by atoms with Crippen molar-refractivity contribution in [2.75, 3.05) is 13.1 Å². The molecule has 0 aromatic carbocycles. The summed E-state index contributed by atoms with van der Waals surface area (Å²) in [5.41, 5.74) is 6.25. The van der Waals surface area contributed by atoms with E-state index in [-0.39, 0.29) is 5.54 Å². The number of aliphatic imine (C=N–C) groups is 1. The molecule has 0 bridgehead atoms. The van der Waals surface area contributed by atoms with Crippen molar-refractivity contribution in [3.63, 3.8) is 0 Å². The largest absolute Gasteiger partial charge is 0.370 e. The van der Waals surface area contributed by atoms with Gasteiger partial charge in [0, 0.05) is 6.54 Å². The molecule has 3 heteroatoms. The topological polar surface area (TPSA) is 41.6 Å². The molecule has 0 radical (unpaired) electrons. The van der Waals surface area contributed by atoms with Gasteiger partial charge in [-0.05, 0) is 38.0 Å². The van der Waals surface area contributed by atoms with Gasteiger partial charge in [0.1, 0.15) is 0 Å². The lowest BCUT2D eigenvalue weighted by atomic mass is 9.93. The molecule has 0 saturated heterocycles. The van der Waals surface area contributed by atoms with Gasteiger partial charge in [0.2, 0.25) is 0 Å². The van der Waals surface area contributed by atoms with Crippen LogP contribution in [0.2, 0.25) is 0 Å². The first kappa shape index (κ1) is 9.49. The van der Waals surface area contributed by atoms with Crippen molar-refractivity contribution < 1.29 is 0 Å². The first-order chi connectivity index (χ1) is 7.17. The third kappa shape index (κ3) is 1.84. The minimum Gasteiger partial charge on any atom is -0.370 e. The molecule has 15 heavy (non-hydrogen) atoms. The van der Waals surface area contributed by atoms with Gasteiger partial charge in [-0.15, -0.1) is 0 Å². The van der Waals surface area contributed by atoms with E-state index < -0.39 is 0 Å². The predicted molar refractivity (Wildman–Crippen MR) is 61.7 cm³/mol. The van der Waals surface area contributed by atoms with Gasteiger partial charge in [0.25, 0.3) is 0 Å². The Morgan fingerprint density at radius 2 is 2.00 bits per heavy atom. The average Bonchev–Trinajstić information content (AvgIpc) is 3.04. The zero-order valence-electron chi connectivity index (χ0n) is 9.58. The average molecular weight is 207 g/mol. The second-order valence-corrected chi connectivity index (χ2v) is 5.87. The lowest BCUT2D eigenvalue weighted by molar-refractivity contribution is 0.192. The predicted octanol–water partition coefficient (Wildman–Crippen LogP) is 1.59. The number of nitrogens with two attached hydrogens (primary N) is 1. The van der Waals surface area contributed by atoms with E-state index in [0.29, 0.717) is 0 Å². The van der Waals surface area contributed by atoms with E-state index in [4.69, 9.17) is 5.73 Å². The Bertz CT molecular complexity index is 291. The second-order valence-electron chi connectivity index (χ2n) is 5.87. The molecule has 84 valence electrons. The zero-order valence-corrected chi connectivity index (χ0v) is 9.58. The normalized spacial score (nSPS) is 35.8. The molecule has 0 spiro atoms. The van der Waals surface area contributed by atoms with E-state index in [0.717, 1.165) is 30.9 Å². The highest BCUT2D eigenvalue weighted by Gasteiger charge is 2.43. The van der Waals surface area contributed by atoms with E-state index in [1.54, 1.807) is 0 Å². The summed E-state index contributed by atoms with van der Waals surface area (Å²) in [5, 5.41) is 0. The molecule has 1 unspecified atom stereocenters. The van der Waals surface area contributed by atoms with Crippen LogP contribution in [-0.4, -0.2) is 29.5 Å². The minimum atomic E-state index is 0.244. The molecule has 2 fully saturated rings. The molecule has 2 N–H and O–H groups in total. The Hall–Kier alpha value is -0.730. The number of hydrogen-bond acceptors (Lipinski definition) is 3. The maximum Gasteiger partial charge on any atom is 0.191 e. The van der Waals surface area contributed by atoms with Crippen molar-refractivity contribution >= 4 is 5.96 Å². The highest BCUT2D eigenvalue weighted by Crippen LogP contribution is 2.42. The third-order valence-electron chi connectivity index (χ3n) is 4.07. The van der Waals surface area contributed by atoms with Crippen molar-refractivity contribution in [3.8, 4) is 0 Å². The lowest BCUT2D eigenvalue weighted by Crippen LogP contribution is -2.50.